The van der Waals surface area contributed by atoms with Crippen LogP contribution in [-0.4, -0.2) is 11.7 Å². The van der Waals surface area contributed by atoms with Crippen molar-refractivity contribution in [2.24, 2.45) is 0 Å². The zero-order chi connectivity index (χ0) is 13.7. The Morgan fingerprint density at radius 2 is 1.74 bits per heavy atom. The Kier molecular flexibility index (Phi) is 4.03. The molecule has 0 aliphatic rings. The minimum atomic E-state index is -0.741. The lowest BCUT2D eigenvalue weighted by molar-refractivity contribution is -0.134. The highest BCUT2D eigenvalue weighted by atomic mass is 19.1. The first-order valence-corrected chi connectivity index (χ1v) is 5.79. The van der Waals surface area contributed by atoms with E-state index in [1.807, 2.05) is 6.07 Å². The van der Waals surface area contributed by atoms with Crippen molar-refractivity contribution < 1.29 is 14.0 Å². The Bertz CT molecular complexity index is 596. The number of nitrogens with one attached hydrogen (secondary N) is 1. The molecule has 0 saturated carbocycles. The summed E-state index contributed by atoms with van der Waals surface area (Å²) >= 11 is 0. The van der Waals surface area contributed by atoms with Crippen molar-refractivity contribution in [3.8, 4) is 0 Å². The van der Waals surface area contributed by atoms with E-state index in [2.05, 4.69) is 5.32 Å². The van der Waals surface area contributed by atoms with Gasteiger partial charge in [-0.05, 0) is 23.8 Å². The number of amides is 1. The fraction of sp³-hybridized carbons (Fsp3) is 0.0667. The van der Waals surface area contributed by atoms with Gasteiger partial charge >= 0.3 is 0 Å². The van der Waals surface area contributed by atoms with Gasteiger partial charge in [0.15, 0.2) is 0 Å². The molecule has 3 nitrogen and oxygen atoms in total. The van der Waals surface area contributed by atoms with Gasteiger partial charge in [-0.15, -0.1) is 0 Å². The van der Waals surface area contributed by atoms with Crippen LogP contribution >= 0.6 is 0 Å². The number of anilines is 1. The lowest BCUT2D eigenvalue weighted by atomic mass is 10.1. The smallest absolute Gasteiger partial charge is 0.292 e. The first-order valence-electron chi connectivity index (χ1n) is 5.79. The fourth-order valence-corrected chi connectivity index (χ4v) is 1.63. The van der Waals surface area contributed by atoms with Gasteiger partial charge in [-0.3, -0.25) is 9.59 Å². The number of halogens is 1. The second-order valence-electron chi connectivity index (χ2n) is 4.05. The number of ketones is 1. The third-order valence-electron chi connectivity index (χ3n) is 2.54. The standard InChI is InChI=1S/C15H12FNO2/c16-12-7-4-8-13(10-12)17-15(19)14(18)9-11-5-2-1-3-6-11/h1-8,10H,9H2,(H,17,19). The van der Waals surface area contributed by atoms with Crippen LogP contribution in [0, 0.1) is 5.82 Å². The van der Waals surface area contributed by atoms with Crippen LogP contribution in [-0.2, 0) is 16.0 Å². The van der Waals surface area contributed by atoms with Crippen LogP contribution in [0.25, 0.3) is 0 Å². The lowest BCUT2D eigenvalue weighted by Gasteiger charge is -2.04. The van der Waals surface area contributed by atoms with Gasteiger partial charge in [0.25, 0.3) is 5.91 Å². The van der Waals surface area contributed by atoms with Crippen LogP contribution in [0.4, 0.5) is 10.1 Å². The van der Waals surface area contributed by atoms with E-state index in [-0.39, 0.29) is 12.1 Å². The van der Waals surface area contributed by atoms with Crippen LogP contribution in [0.3, 0.4) is 0 Å². The Labute approximate surface area is 110 Å². The highest BCUT2D eigenvalue weighted by Gasteiger charge is 2.14. The molecule has 0 aliphatic carbocycles. The summed E-state index contributed by atoms with van der Waals surface area (Å²) in [6, 6.07) is 14.4. The normalized spacial score (nSPS) is 9.95. The molecule has 0 heterocycles. The number of hydrogen-bond acceptors (Lipinski definition) is 2. The maximum atomic E-state index is 12.9. The number of hydrogen-bond donors (Lipinski definition) is 1. The number of carbonyl (C=O) groups is 2. The summed E-state index contributed by atoms with van der Waals surface area (Å²) in [4.78, 5) is 23.3. The van der Waals surface area contributed by atoms with Crippen molar-refractivity contribution in [2.45, 2.75) is 6.42 Å². The zero-order valence-corrected chi connectivity index (χ0v) is 10.1. The van der Waals surface area contributed by atoms with Crippen molar-refractivity contribution in [3.63, 3.8) is 0 Å². The highest BCUT2D eigenvalue weighted by Crippen LogP contribution is 2.09. The van der Waals surface area contributed by atoms with Gasteiger partial charge in [-0.1, -0.05) is 36.4 Å². The van der Waals surface area contributed by atoms with Gasteiger partial charge in [0.05, 0.1) is 0 Å². The first-order chi connectivity index (χ1) is 9.15. The van der Waals surface area contributed by atoms with E-state index in [4.69, 9.17) is 0 Å². The lowest BCUT2D eigenvalue weighted by Crippen LogP contribution is -2.24. The van der Waals surface area contributed by atoms with Crippen molar-refractivity contribution in [1.82, 2.24) is 0 Å². The number of Topliss-reactive ketones (excluding diaryl/α,β-unsaturated/α-hetero) is 1. The second-order valence-corrected chi connectivity index (χ2v) is 4.05. The van der Waals surface area contributed by atoms with Crippen molar-refractivity contribution >= 4 is 17.4 Å². The molecule has 0 aliphatic heterocycles. The van der Waals surface area contributed by atoms with Crippen molar-refractivity contribution in [2.75, 3.05) is 5.32 Å². The van der Waals surface area contributed by atoms with E-state index in [1.54, 1.807) is 24.3 Å². The predicted octanol–water partition coefficient (Wildman–Crippen LogP) is 2.58. The Morgan fingerprint density at radius 3 is 2.42 bits per heavy atom. The Morgan fingerprint density at radius 1 is 1.00 bits per heavy atom. The molecule has 0 spiro atoms. The third-order valence-corrected chi connectivity index (χ3v) is 2.54. The monoisotopic (exact) mass is 257 g/mol. The van der Waals surface area contributed by atoms with Gasteiger partial charge in [0.1, 0.15) is 5.82 Å². The summed E-state index contributed by atoms with van der Waals surface area (Å²) in [6.07, 6.45) is 0.0298. The quantitative estimate of drug-likeness (QED) is 0.856. The Balaban J connectivity index is 1.98. The number of carbonyl (C=O) groups excluding carboxylic acids is 2. The van der Waals surface area contributed by atoms with Crippen LogP contribution in [0.15, 0.2) is 54.6 Å². The van der Waals surface area contributed by atoms with Gasteiger partial charge in [-0.25, -0.2) is 4.39 Å². The van der Waals surface area contributed by atoms with Gasteiger partial charge in [0, 0.05) is 12.1 Å². The third kappa shape index (κ3) is 3.74. The van der Waals surface area contributed by atoms with Crippen molar-refractivity contribution in [3.05, 3.63) is 66.0 Å². The molecule has 1 N–H and O–H groups in total. The predicted molar refractivity (Wildman–Crippen MR) is 70.2 cm³/mol. The average molecular weight is 257 g/mol. The molecule has 96 valence electrons. The largest absolute Gasteiger partial charge is 0.319 e. The van der Waals surface area contributed by atoms with E-state index >= 15 is 0 Å². The molecule has 0 saturated heterocycles. The topological polar surface area (TPSA) is 46.2 Å². The molecule has 0 atom stereocenters. The molecule has 19 heavy (non-hydrogen) atoms. The molecule has 2 aromatic carbocycles. The van der Waals surface area contributed by atoms with Crippen LogP contribution < -0.4 is 5.32 Å². The summed E-state index contributed by atoms with van der Waals surface area (Å²) in [5.74, 6) is -1.77. The molecular weight excluding hydrogens is 245 g/mol. The van der Waals surface area contributed by atoms with Crippen LogP contribution in [0.1, 0.15) is 5.56 Å². The van der Waals surface area contributed by atoms with E-state index in [9.17, 15) is 14.0 Å². The molecule has 1 amide bonds. The molecule has 0 unspecified atom stereocenters. The van der Waals surface area contributed by atoms with E-state index in [1.165, 1.54) is 18.2 Å². The molecule has 0 radical (unpaired) electrons. The van der Waals surface area contributed by atoms with Gasteiger partial charge in [0.2, 0.25) is 5.78 Å². The summed E-state index contributed by atoms with van der Waals surface area (Å²) in [5, 5.41) is 2.37. The second kappa shape index (κ2) is 5.91. The van der Waals surface area contributed by atoms with Crippen LogP contribution in [0.5, 0.6) is 0 Å². The molecular formula is C15H12FNO2. The maximum absolute atomic E-state index is 12.9. The highest BCUT2D eigenvalue weighted by molar-refractivity contribution is 6.41. The summed E-state index contributed by atoms with van der Waals surface area (Å²) in [7, 11) is 0. The summed E-state index contributed by atoms with van der Waals surface area (Å²) < 4.78 is 12.9. The van der Waals surface area contributed by atoms with E-state index in [0.29, 0.717) is 0 Å². The number of benzene rings is 2. The molecule has 0 bridgehead atoms. The SMILES string of the molecule is O=C(Cc1ccccc1)C(=O)Nc1cccc(F)c1. The average Bonchev–Trinajstić information content (AvgIpc) is 2.40. The minimum Gasteiger partial charge on any atom is -0.319 e. The molecule has 2 rings (SSSR count). The molecule has 4 heteroatoms. The fourth-order valence-electron chi connectivity index (χ4n) is 1.63. The molecule has 0 fully saturated rings. The van der Waals surface area contributed by atoms with Crippen LogP contribution in [0.2, 0.25) is 0 Å². The van der Waals surface area contributed by atoms with Gasteiger partial charge < -0.3 is 5.32 Å². The maximum Gasteiger partial charge on any atom is 0.292 e. The number of rotatable bonds is 4. The first kappa shape index (κ1) is 13.0. The molecule has 0 aromatic heterocycles. The van der Waals surface area contributed by atoms with Gasteiger partial charge in [-0.2, -0.15) is 0 Å². The minimum absolute atomic E-state index is 0.0298. The summed E-state index contributed by atoms with van der Waals surface area (Å²) in [6.45, 7) is 0. The van der Waals surface area contributed by atoms with Crippen molar-refractivity contribution in [1.29, 1.82) is 0 Å². The van der Waals surface area contributed by atoms with E-state index < -0.39 is 17.5 Å². The zero-order valence-electron chi connectivity index (χ0n) is 10.1. The molecule has 2 aromatic rings. The summed E-state index contributed by atoms with van der Waals surface area (Å²) in [5.41, 5.74) is 1.04. The van der Waals surface area contributed by atoms with E-state index in [0.717, 1.165) is 11.6 Å². The Hall–Kier alpha value is -2.49.